The molecule has 0 aromatic heterocycles. The Morgan fingerprint density at radius 3 is 2.72 bits per heavy atom. The lowest BCUT2D eigenvalue weighted by atomic mass is 9.74. The van der Waals surface area contributed by atoms with Crippen molar-refractivity contribution >= 4 is 17.5 Å². The lowest BCUT2D eigenvalue weighted by Gasteiger charge is -2.46. The molecule has 0 spiro atoms. The Morgan fingerprint density at radius 1 is 1.24 bits per heavy atom. The molecule has 0 aliphatic carbocycles. The van der Waals surface area contributed by atoms with Gasteiger partial charge in [-0.05, 0) is 42.8 Å². The van der Waals surface area contributed by atoms with E-state index in [1.54, 1.807) is 0 Å². The minimum atomic E-state index is -0.872. The number of carbonyl (C=O) groups excluding carboxylic acids is 2. The van der Waals surface area contributed by atoms with E-state index in [2.05, 4.69) is 10.6 Å². The fourth-order valence-electron chi connectivity index (χ4n) is 3.64. The van der Waals surface area contributed by atoms with E-state index >= 15 is 0 Å². The molecular weight excluding hydrogens is 323 g/mol. The number of rotatable bonds is 2. The Morgan fingerprint density at radius 2 is 1.96 bits per heavy atom. The van der Waals surface area contributed by atoms with Gasteiger partial charge in [0.2, 0.25) is 11.8 Å². The largest absolute Gasteiger partial charge is 0.468 e. The second kappa shape index (κ2) is 5.58. The van der Waals surface area contributed by atoms with Gasteiger partial charge in [-0.25, -0.2) is 4.39 Å². The van der Waals surface area contributed by atoms with Gasteiger partial charge < -0.3 is 15.4 Å². The van der Waals surface area contributed by atoms with Gasteiger partial charge in [-0.1, -0.05) is 18.2 Å². The molecule has 2 aliphatic rings. The summed E-state index contributed by atoms with van der Waals surface area (Å²) in [6.07, 6.45) is 0.511. The van der Waals surface area contributed by atoms with Crippen LogP contribution in [0.25, 0.3) is 0 Å². The molecule has 25 heavy (non-hydrogen) atoms. The molecule has 1 fully saturated rings. The van der Waals surface area contributed by atoms with Crippen molar-refractivity contribution in [2.24, 2.45) is 5.92 Å². The minimum absolute atomic E-state index is 0.274. The SMILES string of the molecule is C[C@@]12C[C@@H](c3ccccc3O1)[C@@H](C(=O)Nc1ccc(F)cc1)C(=O)N2. The monoisotopic (exact) mass is 340 g/mol. The van der Waals surface area contributed by atoms with Gasteiger partial charge in [0.1, 0.15) is 17.5 Å². The highest BCUT2D eigenvalue weighted by Gasteiger charge is 2.51. The first-order valence-corrected chi connectivity index (χ1v) is 8.12. The van der Waals surface area contributed by atoms with E-state index in [1.165, 1.54) is 24.3 Å². The average Bonchev–Trinajstić information content (AvgIpc) is 2.56. The van der Waals surface area contributed by atoms with Gasteiger partial charge in [0.25, 0.3) is 0 Å². The molecule has 2 bridgehead atoms. The maximum absolute atomic E-state index is 13.0. The molecule has 3 atom stereocenters. The van der Waals surface area contributed by atoms with Crippen LogP contribution in [0.15, 0.2) is 48.5 Å². The second-order valence-electron chi connectivity index (χ2n) is 6.64. The Hall–Kier alpha value is -2.89. The first-order chi connectivity index (χ1) is 12.0. The first kappa shape index (κ1) is 15.6. The van der Waals surface area contributed by atoms with Gasteiger partial charge in [-0.2, -0.15) is 0 Å². The third-order valence-corrected chi connectivity index (χ3v) is 4.73. The molecule has 2 aliphatic heterocycles. The number of para-hydroxylation sites is 1. The summed E-state index contributed by atoms with van der Waals surface area (Å²) in [5, 5.41) is 5.52. The van der Waals surface area contributed by atoms with Crippen LogP contribution in [0.4, 0.5) is 10.1 Å². The molecular formula is C19H17FN2O3. The van der Waals surface area contributed by atoms with Gasteiger partial charge >= 0.3 is 0 Å². The number of carbonyl (C=O) groups is 2. The quantitative estimate of drug-likeness (QED) is 0.826. The summed E-state index contributed by atoms with van der Waals surface area (Å²) < 4.78 is 18.9. The summed E-state index contributed by atoms with van der Waals surface area (Å²) >= 11 is 0. The highest BCUT2D eigenvalue weighted by molar-refractivity contribution is 6.08. The molecule has 1 saturated heterocycles. The van der Waals surface area contributed by atoms with E-state index in [-0.39, 0.29) is 17.6 Å². The number of benzene rings is 2. The van der Waals surface area contributed by atoms with Crippen molar-refractivity contribution in [2.45, 2.75) is 25.0 Å². The summed E-state index contributed by atoms with van der Waals surface area (Å²) in [4.78, 5) is 25.4. The number of hydrogen-bond donors (Lipinski definition) is 2. The lowest BCUT2D eigenvalue weighted by Crippen LogP contribution is -2.62. The zero-order valence-corrected chi connectivity index (χ0v) is 13.6. The van der Waals surface area contributed by atoms with Crippen LogP contribution in [0.1, 0.15) is 24.8 Å². The highest BCUT2D eigenvalue weighted by atomic mass is 19.1. The van der Waals surface area contributed by atoms with Crippen molar-refractivity contribution in [3.63, 3.8) is 0 Å². The fraction of sp³-hybridized carbons (Fsp3) is 0.263. The van der Waals surface area contributed by atoms with Crippen LogP contribution in [-0.4, -0.2) is 17.5 Å². The third kappa shape index (κ3) is 2.73. The van der Waals surface area contributed by atoms with Gasteiger partial charge in [0.15, 0.2) is 5.72 Å². The van der Waals surface area contributed by atoms with Crippen molar-refractivity contribution in [1.82, 2.24) is 5.32 Å². The Balaban J connectivity index is 1.66. The van der Waals surface area contributed by atoms with Crippen LogP contribution in [0.2, 0.25) is 0 Å². The summed E-state index contributed by atoms with van der Waals surface area (Å²) in [5.41, 5.74) is 0.491. The molecule has 2 N–H and O–H groups in total. The Kier molecular flexibility index (Phi) is 3.49. The molecule has 5 nitrogen and oxygen atoms in total. The molecule has 2 aromatic rings. The minimum Gasteiger partial charge on any atom is -0.468 e. The van der Waals surface area contributed by atoms with Gasteiger partial charge in [0, 0.05) is 18.0 Å². The van der Waals surface area contributed by atoms with Gasteiger partial charge in [0.05, 0.1) is 0 Å². The topological polar surface area (TPSA) is 67.4 Å². The smallest absolute Gasteiger partial charge is 0.237 e. The third-order valence-electron chi connectivity index (χ3n) is 4.73. The standard InChI is InChI=1S/C19H17FN2O3/c1-19-10-14(13-4-2-3-5-15(13)25-19)16(18(24)22-19)17(23)21-12-8-6-11(20)7-9-12/h2-9,14,16H,10H2,1H3,(H,21,23)(H,22,24)/t14-,16-,19-/m0/s1. The van der Waals surface area contributed by atoms with E-state index < -0.39 is 17.6 Å². The van der Waals surface area contributed by atoms with Crippen LogP contribution in [0.5, 0.6) is 5.75 Å². The fourth-order valence-corrected chi connectivity index (χ4v) is 3.64. The molecule has 0 saturated carbocycles. The number of halogens is 1. The molecule has 2 heterocycles. The second-order valence-corrected chi connectivity index (χ2v) is 6.64. The number of ether oxygens (including phenoxy) is 1. The van der Waals surface area contributed by atoms with Crippen molar-refractivity contribution < 1.29 is 18.7 Å². The Bertz CT molecular complexity index is 852. The number of piperidine rings is 1. The highest BCUT2D eigenvalue weighted by Crippen LogP contribution is 2.46. The lowest BCUT2D eigenvalue weighted by molar-refractivity contribution is -0.145. The van der Waals surface area contributed by atoms with Crippen LogP contribution >= 0.6 is 0 Å². The van der Waals surface area contributed by atoms with Gasteiger partial charge in [-0.3, -0.25) is 9.59 Å². The maximum atomic E-state index is 13.0. The zero-order valence-electron chi connectivity index (χ0n) is 13.6. The molecule has 0 radical (unpaired) electrons. The number of hydrogen-bond acceptors (Lipinski definition) is 3. The summed E-state index contributed by atoms with van der Waals surface area (Å²) in [7, 11) is 0. The predicted octanol–water partition coefficient (Wildman–Crippen LogP) is 2.79. The van der Waals surface area contributed by atoms with E-state index in [9.17, 15) is 14.0 Å². The molecule has 2 amide bonds. The predicted molar refractivity (Wildman–Crippen MR) is 89.5 cm³/mol. The van der Waals surface area contributed by atoms with E-state index in [0.29, 0.717) is 17.9 Å². The zero-order chi connectivity index (χ0) is 17.6. The van der Waals surface area contributed by atoms with Crippen LogP contribution in [0.3, 0.4) is 0 Å². The first-order valence-electron chi connectivity index (χ1n) is 8.12. The molecule has 0 unspecified atom stereocenters. The maximum Gasteiger partial charge on any atom is 0.237 e. The van der Waals surface area contributed by atoms with Crippen LogP contribution < -0.4 is 15.4 Å². The average molecular weight is 340 g/mol. The number of anilines is 1. The number of amides is 2. The molecule has 6 heteroatoms. The van der Waals surface area contributed by atoms with Crippen molar-refractivity contribution in [2.75, 3.05) is 5.32 Å². The van der Waals surface area contributed by atoms with Crippen molar-refractivity contribution in [3.05, 3.63) is 59.9 Å². The molecule has 128 valence electrons. The van der Waals surface area contributed by atoms with Crippen molar-refractivity contribution in [3.8, 4) is 5.75 Å². The summed E-state index contributed by atoms with van der Waals surface area (Å²) in [6.45, 7) is 1.81. The van der Waals surface area contributed by atoms with Gasteiger partial charge in [-0.15, -0.1) is 0 Å². The van der Waals surface area contributed by atoms with Crippen molar-refractivity contribution in [1.29, 1.82) is 0 Å². The summed E-state index contributed by atoms with van der Waals surface area (Å²) in [5.74, 6) is -1.63. The normalized spacial score (nSPS) is 26.9. The van der Waals surface area contributed by atoms with Crippen LogP contribution in [-0.2, 0) is 9.59 Å². The van der Waals surface area contributed by atoms with E-state index in [1.807, 2.05) is 31.2 Å². The Labute approximate surface area is 144 Å². The molecule has 2 aromatic carbocycles. The number of nitrogens with one attached hydrogen (secondary N) is 2. The van der Waals surface area contributed by atoms with E-state index in [0.717, 1.165) is 5.56 Å². The summed E-state index contributed by atoms with van der Waals surface area (Å²) in [6, 6.07) is 12.9. The number of fused-ring (bicyclic) bond motifs is 4. The molecule has 4 rings (SSSR count). The van der Waals surface area contributed by atoms with E-state index in [4.69, 9.17) is 4.74 Å². The van der Waals surface area contributed by atoms with Crippen LogP contribution in [0, 0.1) is 11.7 Å².